The van der Waals surface area contributed by atoms with Crippen molar-refractivity contribution in [2.45, 2.75) is 13.1 Å². The number of benzene rings is 1. The predicted octanol–water partition coefficient (Wildman–Crippen LogP) is 2.54. The highest BCUT2D eigenvalue weighted by Gasteiger charge is 2.24. The molecule has 0 aliphatic rings. The molecule has 1 aromatic carbocycles. The van der Waals surface area contributed by atoms with Crippen LogP contribution in [0.2, 0.25) is 0 Å². The molecule has 0 aliphatic carbocycles. The minimum absolute atomic E-state index is 0.00205. The number of alkyl halides is 1. The molecule has 0 aromatic heterocycles. The van der Waals surface area contributed by atoms with E-state index in [1.165, 1.54) is 6.92 Å². The first kappa shape index (κ1) is 11.6. The van der Waals surface area contributed by atoms with Crippen LogP contribution in [0.4, 0.5) is 13.2 Å². The lowest BCUT2D eigenvalue weighted by molar-refractivity contribution is -0.149. The lowest BCUT2D eigenvalue weighted by atomic mass is 10.1. The fraction of sp³-hybridized carbons (Fsp3) is 0.300. The summed E-state index contributed by atoms with van der Waals surface area (Å²) in [5.41, 5.74) is -0.519. The third-order valence-corrected chi connectivity index (χ3v) is 1.73. The van der Waals surface area contributed by atoms with Gasteiger partial charge in [0.05, 0.1) is 6.61 Å². The highest BCUT2D eigenvalue weighted by molar-refractivity contribution is 5.76. The van der Waals surface area contributed by atoms with Gasteiger partial charge in [-0.2, -0.15) is 0 Å². The monoisotopic (exact) mass is 218 g/mol. The molecule has 1 aromatic rings. The number of hydrogen-bond donors (Lipinski definition) is 0. The van der Waals surface area contributed by atoms with Gasteiger partial charge in [-0.15, -0.1) is 0 Å². The lowest BCUT2D eigenvalue weighted by Gasteiger charge is -2.08. The van der Waals surface area contributed by atoms with Gasteiger partial charge in [-0.3, -0.25) is 0 Å². The van der Waals surface area contributed by atoms with Crippen LogP contribution >= 0.6 is 0 Å². The van der Waals surface area contributed by atoms with Gasteiger partial charge >= 0.3 is 5.97 Å². The molecule has 0 radical (unpaired) electrons. The molecule has 82 valence electrons. The SMILES string of the molecule is CCOC(=O)C(F)c1ccc(F)cc1F. The third kappa shape index (κ3) is 2.71. The summed E-state index contributed by atoms with van der Waals surface area (Å²) in [4.78, 5) is 10.9. The molecule has 0 spiro atoms. The Bertz CT molecular complexity index is 366. The van der Waals surface area contributed by atoms with Gasteiger partial charge in [-0.1, -0.05) is 0 Å². The Balaban J connectivity index is 2.91. The topological polar surface area (TPSA) is 26.3 Å². The highest BCUT2D eigenvalue weighted by Crippen LogP contribution is 2.22. The molecule has 0 saturated heterocycles. The maximum absolute atomic E-state index is 13.3. The maximum atomic E-state index is 13.3. The van der Waals surface area contributed by atoms with Gasteiger partial charge in [-0.25, -0.2) is 18.0 Å². The number of hydrogen-bond acceptors (Lipinski definition) is 2. The molecule has 0 N–H and O–H groups in total. The average Bonchev–Trinajstić information content (AvgIpc) is 2.17. The fourth-order valence-electron chi connectivity index (χ4n) is 1.05. The van der Waals surface area contributed by atoms with E-state index < -0.39 is 29.3 Å². The van der Waals surface area contributed by atoms with Crippen LogP contribution in [0.15, 0.2) is 18.2 Å². The summed E-state index contributed by atoms with van der Waals surface area (Å²) in [6, 6.07) is 2.28. The van der Waals surface area contributed by atoms with E-state index in [1.54, 1.807) is 0 Å². The van der Waals surface area contributed by atoms with E-state index in [0.29, 0.717) is 6.07 Å². The number of halogens is 3. The zero-order chi connectivity index (χ0) is 11.4. The first-order chi connectivity index (χ1) is 7.06. The molecule has 15 heavy (non-hydrogen) atoms. The zero-order valence-corrected chi connectivity index (χ0v) is 7.97. The number of rotatable bonds is 3. The molecule has 5 heteroatoms. The van der Waals surface area contributed by atoms with Crippen molar-refractivity contribution in [3.63, 3.8) is 0 Å². The molecule has 1 unspecified atom stereocenters. The second-order valence-corrected chi connectivity index (χ2v) is 2.78. The summed E-state index contributed by atoms with van der Waals surface area (Å²) in [6.45, 7) is 1.51. The van der Waals surface area contributed by atoms with Crippen molar-refractivity contribution in [2.24, 2.45) is 0 Å². The van der Waals surface area contributed by atoms with Crippen molar-refractivity contribution >= 4 is 5.97 Å². The summed E-state index contributed by atoms with van der Waals surface area (Å²) in [7, 11) is 0. The minimum atomic E-state index is -2.22. The summed E-state index contributed by atoms with van der Waals surface area (Å²) in [5.74, 6) is -3.11. The quantitative estimate of drug-likeness (QED) is 0.729. The average molecular weight is 218 g/mol. The van der Waals surface area contributed by atoms with E-state index in [0.717, 1.165) is 12.1 Å². The zero-order valence-electron chi connectivity index (χ0n) is 7.97. The van der Waals surface area contributed by atoms with Crippen LogP contribution in [0.5, 0.6) is 0 Å². The minimum Gasteiger partial charge on any atom is -0.464 e. The van der Waals surface area contributed by atoms with E-state index in [2.05, 4.69) is 4.74 Å². The Hall–Kier alpha value is -1.52. The Morgan fingerprint density at radius 1 is 1.47 bits per heavy atom. The first-order valence-electron chi connectivity index (χ1n) is 4.32. The van der Waals surface area contributed by atoms with Gasteiger partial charge in [0.1, 0.15) is 11.6 Å². The standard InChI is InChI=1S/C10H9F3O2/c1-2-15-10(14)9(13)7-4-3-6(11)5-8(7)12/h3-5,9H,2H2,1H3. The largest absolute Gasteiger partial charge is 0.464 e. The second kappa shape index (κ2) is 4.82. The van der Waals surface area contributed by atoms with Crippen LogP contribution in [-0.4, -0.2) is 12.6 Å². The normalized spacial score (nSPS) is 12.3. The number of ether oxygens (including phenoxy) is 1. The maximum Gasteiger partial charge on any atom is 0.345 e. The van der Waals surface area contributed by atoms with Crippen molar-refractivity contribution in [1.82, 2.24) is 0 Å². The van der Waals surface area contributed by atoms with E-state index in [1.807, 2.05) is 0 Å². The fourth-order valence-corrected chi connectivity index (χ4v) is 1.05. The van der Waals surface area contributed by atoms with Gasteiger partial charge in [0.25, 0.3) is 0 Å². The van der Waals surface area contributed by atoms with Crippen LogP contribution < -0.4 is 0 Å². The molecule has 0 amide bonds. The molecule has 0 fully saturated rings. The molecule has 0 heterocycles. The van der Waals surface area contributed by atoms with Gasteiger partial charge in [-0.05, 0) is 19.1 Å². The predicted molar refractivity (Wildman–Crippen MR) is 46.8 cm³/mol. The van der Waals surface area contributed by atoms with Crippen LogP contribution in [0.1, 0.15) is 18.7 Å². The highest BCUT2D eigenvalue weighted by atomic mass is 19.1. The van der Waals surface area contributed by atoms with E-state index in [-0.39, 0.29) is 6.61 Å². The third-order valence-electron chi connectivity index (χ3n) is 1.73. The summed E-state index contributed by atoms with van der Waals surface area (Å²) in [6.07, 6.45) is -2.22. The second-order valence-electron chi connectivity index (χ2n) is 2.78. The van der Waals surface area contributed by atoms with Gasteiger partial charge in [0.15, 0.2) is 0 Å². The van der Waals surface area contributed by atoms with Crippen molar-refractivity contribution < 1.29 is 22.7 Å². The van der Waals surface area contributed by atoms with E-state index in [4.69, 9.17) is 0 Å². The summed E-state index contributed by atoms with van der Waals surface area (Å²) >= 11 is 0. The number of carbonyl (C=O) groups excluding carboxylic acids is 1. The van der Waals surface area contributed by atoms with E-state index in [9.17, 15) is 18.0 Å². The lowest BCUT2D eigenvalue weighted by Crippen LogP contribution is -2.13. The van der Waals surface area contributed by atoms with Crippen LogP contribution in [0.25, 0.3) is 0 Å². The molecular formula is C10H9F3O2. The molecule has 0 bridgehead atoms. The van der Waals surface area contributed by atoms with Crippen molar-refractivity contribution in [2.75, 3.05) is 6.61 Å². The Morgan fingerprint density at radius 2 is 2.13 bits per heavy atom. The van der Waals surface area contributed by atoms with Crippen molar-refractivity contribution in [3.8, 4) is 0 Å². The molecule has 0 saturated carbocycles. The number of carbonyl (C=O) groups is 1. The van der Waals surface area contributed by atoms with Gasteiger partial charge in [0, 0.05) is 11.6 Å². The summed E-state index contributed by atoms with van der Waals surface area (Å²) < 4.78 is 43.1. The number of esters is 1. The molecule has 1 rings (SSSR count). The van der Waals surface area contributed by atoms with Gasteiger partial charge < -0.3 is 4.74 Å². The van der Waals surface area contributed by atoms with Crippen molar-refractivity contribution in [1.29, 1.82) is 0 Å². The van der Waals surface area contributed by atoms with Crippen LogP contribution in [-0.2, 0) is 9.53 Å². The Labute approximate surface area is 84.7 Å². The molecular weight excluding hydrogens is 209 g/mol. The first-order valence-corrected chi connectivity index (χ1v) is 4.32. The summed E-state index contributed by atoms with van der Waals surface area (Å²) in [5, 5.41) is 0. The van der Waals surface area contributed by atoms with Crippen LogP contribution in [0, 0.1) is 11.6 Å². The Morgan fingerprint density at radius 3 is 2.67 bits per heavy atom. The Kier molecular flexibility index (Phi) is 3.71. The van der Waals surface area contributed by atoms with E-state index >= 15 is 0 Å². The van der Waals surface area contributed by atoms with Crippen LogP contribution in [0.3, 0.4) is 0 Å². The smallest absolute Gasteiger partial charge is 0.345 e. The molecule has 2 nitrogen and oxygen atoms in total. The molecule has 0 aliphatic heterocycles. The van der Waals surface area contributed by atoms with Crippen molar-refractivity contribution in [3.05, 3.63) is 35.4 Å². The molecule has 1 atom stereocenters. The van der Waals surface area contributed by atoms with Gasteiger partial charge in [0.2, 0.25) is 6.17 Å².